The Bertz CT molecular complexity index is 640. The topological polar surface area (TPSA) is 80.5 Å². The highest BCUT2D eigenvalue weighted by atomic mass is 32.2. The van der Waals surface area contributed by atoms with Gasteiger partial charge in [-0.15, -0.1) is 0 Å². The molecule has 5 nitrogen and oxygen atoms in total. The molecule has 1 aliphatic heterocycles. The van der Waals surface area contributed by atoms with E-state index in [0.717, 1.165) is 6.07 Å². The van der Waals surface area contributed by atoms with Gasteiger partial charge in [-0.25, -0.2) is 0 Å². The predicted molar refractivity (Wildman–Crippen MR) is 76.6 cm³/mol. The van der Waals surface area contributed by atoms with Crippen molar-refractivity contribution in [1.82, 2.24) is 4.90 Å². The van der Waals surface area contributed by atoms with E-state index in [1.54, 1.807) is 0 Å². The van der Waals surface area contributed by atoms with E-state index in [2.05, 4.69) is 0 Å². The normalized spacial score (nSPS) is 17.8. The molecule has 126 valence electrons. The summed E-state index contributed by atoms with van der Waals surface area (Å²) in [6.07, 6.45) is -4.08. The molecule has 1 heterocycles. The smallest absolute Gasteiger partial charge is 0.361 e. The molecule has 1 unspecified atom stereocenters. The number of rotatable bonds is 2. The van der Waals surface area contributed by atoms with Gasteiger partial charge < -0.3 is 10.6 Å². The molecule has 1 fully saturated rings. The van der Waals surface area contributed by atoms with Gasteiger partial charge in [-0.2, -0.15) is 13.2 Å². The zero-order chi connectivity index (χ0) is 17.2. The molecule has 0 aliphatic carbocycles. The number of hydrogen-bond acceptors (Lipinski definition) is 3. The Morgan fingerprint density at radius 2 is 1.74 bits per heavy atom. The van der Waals surface area contributed by atoms with Gasteiger partial charge >= 0.3 is 18.0 Å². The van der Waals surface area contributed by atoms with E-state index in [9.17, 15) is 27.0 Å². The number of primary amides is 1. The third kappa shape index (κ3) is 3.90. The molecule has 0 radical (unpaired) electrons. The Hall–Kier alpha value is -1.90. The molecule has 1 atom stereocenters. The summed E-state index contributed by atoms with van der Waals surface area (Å²) < 4.78 is 51.5. The minimum atomic E-state index is -4.57. The second kappa shape index (κ2) is 6.69. The highest BCUT2D eigenvalue weighted by Gasteiger charge is 2.37. The van der Waals surface area contributed by atoms with Gasteiger partial charge in [0.25, 0.3) is 0 Å². The first-order valence-electron chi connectivity index (χ1n) is 6.87. The van der Waals surface area contributed by atoms with Crippen molar-refractivity contribution in [3.05, 3.63) is 29.8 Å². The van der Waals surface area contributed by atoms with E-state index in [4.69, 9.17) is 5.73 Å². The van der Waals surface area contributed by atoms with E-state index in [-0.39, 0.29) is 30.8 Å². The number of carbonyl (C=O) groups excluding carboxylic acids is 2. The number of nitrogens with two attached hydrogens (primary N) is 1. The van der Waals surface area contributed by atoms with Crippen molar-refractivity contribution in [2.45, 2.75) is 29.2 Å². The summed E-state index contributed by atoms with van der Waals surface area (Å²) in [7, 11) is -1.84. The van der Waals surface area contributed by atoms with Crippen LogP contribution in [0.1, 0.15) is 18.4 Å². The van der Waals surface area contributed by atoms with Crippen molar-refractivity contribution in [2.24, 2.45) is 5.73 Å². The Balaban J connectivity index is 2.12. The fraction of sp³-hybridized carbons (Fsp3) is 0.429. The van der Waals surface area contributed by atoms with Crippen molar-refractivity contribution in [1.29, 1.82) is 0 Å². The molecule has 0 bridgehead atoms. The van der Waals surface area contributed by atoms with E-state index >= 15 is 0 Å². The van der Waals surface area contributed by atoms with Gasteiger partial charge in [0.2, 0.25) is 0 Å². The monoisotopic (exact) mass is 348 g/mol. The molecule has 0 aromatic heterocycles. The second-order valence-corrected chi connectivity index (χ2v) is 6.85. The SMILES string of the molecule is NC(=O)C(=O)N1CCC(S(=O)c2ccccc2C(F)(F)F)CC1. The molecular weight excluding hydrogens is 333 g/mol. The summed E-state index contributed by atoms with van der Waals surface area (Å²) in [5, 5.41) is -0.504. The molecule has 1 aliphatic rings. The molecule has 1 aromatic rings. The average Bonchev–Trinajstić information content (AvgIpc) is 2.52. The van der Waals surface area contributed by atoms with Crippen LogP contribution in [-0.2, 0) is 26.6 Å². The molecule has 2 N–H and O–H groups in total. The van der Waals surface area contributed by atoms with E-state index < -0.39 is 39.6 Å². The number of nitrogens with zero attached hydrogens (tertiary/aromatic N) is 1. The number of amides is 2. The van der Waals surface area contributed by atoms with Crippen LogP contribution in [0.15, 0.2) is 29.2 Å². The van der Waals surface area contributed by atoms with Gasteiger partial charge in [-0.3, -0.25) is 13.8 Å². The van der Waals surface area contributed by atoms with Gasteiger partial charge in [-0.05, 0) is 25.0 Å². The molecule has 1 aromatic carbocycles. The van der Waals surface area contributed by atoms with Crippen molar-refractivity contribution < 1.29 is 27.0 Å². The minimum absolute atomic E-state index is 0.145. The van der Waals surface area contributed by atoms with Crippen LogP contribution in [-0.4, -0.2) is 39.3 Å². The number of hydrogen-bond donors (Lipinski definition) is 1. The number of likely N-dealkylation sites (tertiary alicyclic amines) is 1. The standard InChI is InChI=1S/C14H15F3N2O3S/c15-14(16,17)10-3-1-2-4-11(10)23(22)9-5-7-19(8-6-9)13(21)12(18)20/h1-4,9H,5-8H2,(H2,18,20). The first kappa shape index (κ1) is 17.5. The minimum Gasteiger partial charge on any atom is -0.361 e. The largest absolute Gasteiger partial charge is 0.417 e. The highest BCUT2D eigenvalue weighted by Crippen LogP contribution is 2.35. The van der Waals surface area contributed by atoms with Crippen LogP contribution in [0, 0.1) is 0 Å². The highest BCUT2D eigenvalue weighted by molar-refractivity contribution is 7.85. The Labute approximate surface area is 133 Å². The number of carbonyl (C=O) groups is 2. The van der Waals surface area contributed by atoms with Crippen LogP contribution in [0.25, 0.3) is 0 Å². The van der Waals surface area contributed by atoms with Crippen molar-refractivity contribution in [3.63, 3.8) is 0 Å². The maximum atomic E-state index is 13.0. The van der Waals surface area contributed by atoms with Crippen molar-refractivity contribution >= 4 is 22.6 Å². The first-order chi connectivity index (χ1) is 10.7. The van der Waals surface area contributed by atoms with Crippen molar-refractivity contribution in [3.8, 4) is 0 Å². The van der Waals surface area contributed by atoms with E-state index in [1.807, 2.05) is 0 Å². The zero-order valence-electron chi connectivity index (χ0n) is 12.0. The third-order valence-corrected chi connectivity index (χ3v) is 5.52. The summed E-state index contributed by atoms with van der Waals surface area (Å²) in [4.78, 5) is 23.3. The quantitative estimate of drug-likeness (QED) is 0.818. The molecule has 2 amide bonds. The van der Waals surface area contributed by atoms with Crippen LogP contribution >= 0.6 is 0 Å². The van der Waals surface area contributed by atoms with E-state index in [0.29, 0.717) is 0 Å². The Morgan fingerprint density at radius 1 is 1.17 bits per heavy atom. The summed E-state index contributed by atoms with van der Waals surface area (Å²) in [6, 6.07) is 4.77. The number of benzene rings is 1. The third-order valence-electron chi connectivity index (χ3n) is 3.65. The Morgan fingerprint density at radius 3 is 2.26 bits per heavy atom. The summed E-state index contributed by atoms with van der Waals surface area (Å²) in [5.41, 5.74) is 4.00. The van der Waals surface area contributed by atoms with Gasteiger partial charge in [0.15, 0.2) is 0 Å². The van der Waals surface area contributed by atoms with Crippen LogP contribution in [0.5, 0.6) is 0 Å². The Kier molecular flexibility index (Phi) is 5.08. The summed E-state index contributed by atoms with van der Waals surface area (Å²) in [6.45, 7) is 0.290. The maximum Gasteiger partial charge on any atom is 0.417 e. The van der Waals surface area contributed by atoms with Gasteiger partial charge in [-0.1, -0.05) is 12.1 Å². The lowest BCUT2D eigenvalue weighted by Gasteiger charge is -2.31. The summed E-state index contributed by atoms with van der Waals surface area (Å²) >= 11 is 0. The van der Waals surface area contributed by atoms with Crippen LogP contribution in [0.3, 0.4) is 0 Å². The van der Waals surface area contributed by atoms with Crippen LogP contribution in [0.4, 0.5) is 13.2 Å². The molecule has 1 saturated heterocycles. The lowest BCUT2D eigenvalue weighted by molar-refractivity contribution is -0.144. The van der Waals surface area contributed by atoms with Crippen molar-refractivity contribution in [2.75, 3.05) is 13.1 Å². The molecule has 9 heteroatoms. The number of alkyl halides is 3. The maximum absolute atomic E-state index is 13.0. The van der Waals surface area contributed by atoms with Crippen LogP contribution < -0.4 is 5.73 Å². The first-order valence-corrected chi connectivity index (χ1v) is 8.08. The molecule has 0 spiro atoms. The average molecular weight is 348 g/mol. The second-order valence-electron chi connectivity index (χ2n) is 5.15. The molecule has 23 heavy (non-hydrogen) atoms. The van der Waals surface area contributed by atoms with Gasteiger partial charge in [0.1, 0.15) is 0 Å². The molecule has 0 saturated carbocycles. The van der Waals surface area contributed by atoms with Crippen LogP contribution in [0.2, 0.25) is 0 Å². The number of halogens is 3. The lowest BCUT2D eigenvalue weighted by Crippen LogP contribution is -2.46. The van der Waals surface area contributed by atoms with Gasteiger partial charge in [0, 0.05) is 18.3 Å². The molecule has 2 rings (SSSR count). The predicted octanol–water partition coefficient (Wildman–Crippen LogP) is 1.29. The fourth-order valence-electron chi connectivity index (χ4n) is 2.48. The zero-order valence-corrected chi connectivity index (χ0v) is 12.8. The summed E-state index contributed by atoms with van der Waals surface area (Å²) in [5.74, 6) is -1.91. The fourth-order valence-corrected chi connectivity index (χ4v) is 4.10. The van der Waals surface area contributed by atoms with E-state index in [1.165, 1.54) is 23.1 Å². The molecular formula is C14H15F3N2O3S. The lowest BCUT2D eigenvalue weighted by atomic mass is 10.1. The number of piperidine rings is 1. The van der Waals surface area contributed by atoms with Gasteiger partial charge in [0.05, 0.1) is 21.3 Å².